The number of benzene rings is 1. The minimum Gasteiger partial charge on any atom is -0.352 e. The second kappa shape index (κ2) is 4.87. The Morgan fingerprint density at radius 1 is 1.43 bits per heavy atom. The molecular formula is C10H11N3O. The summed E-state index contributed by atoms with van der Waals surface area (Å²) in [7, 11) is 0. The highest BCUT2D eigenvalue weighted by Gasteiger charge is 2.02. The van der Waals surface area contributed by atoms with Crippen LogP contribution in [0.25, 0.3) is 0 Å². The van der Waals surface area contributed by atoms with E-state index < -0.39 is 0 Å². The zero-order valence-corrected chi connectivity index (χ0v) is 7.87. The van der Waals surface area contributed by atoms with Gasteiger partial charge in [-0.05, 0) is 31.2 Å². The number of anilines is 1. The van der Waals surface area contributed by atoms with Crippen molar-refractivity contribution in [3.05, 3.63) is 29.8 Å². The molecule has 0 aromatic heterocycles. The molecule has 0 unspecified atom stereocenters. The number of nitrogens with one attached hydrogen (secondary N) is 2. The van der Waals surface area contributed by atoms with Crippen LogP contribution in [0.1, 0.15) is 17.3 Å². The molecular weight excluding hydrogens is 178 g/mol. The SMILES string of the molecule is CCNC(=O)c1ccc(NC#N)cc1. The van der Waals surface area contributed by atoms with Crippen molar-refractivity contribution in [2.45, 2.75) is 6.92 Å². The standard InChI is InChI=1S/C10H11N3O/c1-2-12-10(14)8-3-5-9(6-4-8)13-7-11/h3-6,13H,2H2,1H3,(H,12,14). The molecule has 0 atom stereocenters. The normalized spacial score (nSPS) is 8.86. The molecule has 1 amide bonds. The largest absolute Gasteiger partial charge is 0.352 e. The van der Waals surface area contributed by atoms with Crippen LogP contribution >= 0.6 is 0 Å². The number of carbonyl (C=O) groups is 1. The van der Waals surface area contributed by atoms with E-state index in [2.05, 4.69) is 10.6 Å². The van der Waals surface area contributed by atoms with E-state index in [9.17, 15) is 4.79 Å². The summed E-state index contributed by atoms with van der Waals surface area (Å²) in [5.74, 6) is -0.101. The molecule has 0 fully saturated rings. The van der Waals surface area contributed by atoms with Crippen molar-refractivity contribution in [3.8, 4) is 6.19 Å². The number of hydrogen-bond donors (Lipinski definition) is 2. The predicted octanol–water partition coefficient (Wildman–Crippen LogP) is 1.33. The highest BCUT2D eigenvalue weighted by molar-refractivity contribution is 5.94. The van der Waals surface area contributed by atoms with Gasteiger partial charge in [0.1, 0.15) is 0 Å². The zero-order chi connectivity index (χ0) is 10.4. The van der Waals surface area contributed by atoms with Crippen molar-refractivity contribution in [1.29, 1.82) is 5.26 Å². The molecule has 0 heterocycles. The summed E-state index contributed by atoms with van der Waals surface area (Å²) in [6, 6.07) is 6.72. The lowest BCUT2D eigenvalue weighted by Gasteiger charge is -2.02. The van der Waals surface area contributed by atoms with E-state index in [1.54, 1.807) is 24.3 Å². The first-order valence-corrected chi connectivity index (χ1v) is 4.31. The Labute approximate surface area is 82.5 Å². The van der Waals surface area contributed by atoms with E-state index in [4.69, 9.17) is 5.26 Å². The Kier molecular flexibility index (Phi) is 3.50. The van der Waals surface area contributed by atoms with Crippen LogP contribution in [-0.4, -0.2) is 12.5 Å². The fourth-order valence-electron chi connectivity index (χ4n) is 1.03. The summed E-state index contributed by atoms with van der Waals surface area (Å²) < 4.78 is 0. The molecule has 2 N–H and O–H groups in total. The van der Waals surface area contributed by atoms with E-state index in [0.717, 1.165) is 0 Å². The topological polar surface area (TPSA) is 64.9 Å². The van der Waals surface area contributed by atoms with E-state index in [-0.39, 0.29) is 5.91 Å². The van der Waals surface area contributed by atoms with Gasteiger partial charge in [0.2, 0.25) is 0 Å². The van der Waals surface area contributed by atoms with Crippen LogP contribution in [-0.2, 0) is 0 Å². The number of nitriles is 1. The van der Waals surface area contributed by atoms with Gasteiger partial charge in [0.05, 0.1) is 0 Å². The van der Waals surface area contributed by atoms with Gasteiger partial charge in [-0.3, -0.25) is 10.1 Å². The average molecular weight is 189 g/mol. The molecule has 0 aliphatic rings. The molecule has 1 aromatic rings. The van der Waals surface area contributed by atoms with E-state index in [1.807, 2.05) is 13.1 Å². The number of hydrogen-bond acceptors (Lipinski definition) is 3. The third kappa shape index (κ3) is 2.49. The van der Waals surface area contributed by atoms with Crippen LogP contribution in [0, 0.1) is 11.5 Å². The van der Waals surface area contributed by atoms with Gasteiger partial charge in [0.25, 0.3) is 5.91 Å². The van der Waals surface area contributed by atoms with Crippen molar-refractivity contribution < 1.29 is 4.79 Å². The molecule has 4 nitrogen and oxygen atoms in total. The number of rotatable bonds is 3. The van der Waals surface area contributed by atoms with Gasteiger partial charge in [-0.1, -0.05) is 0 Å². The maximum absolute atomic E-state index is 11.3. The Hall–Kier alpha value is -2.02. The smallest absolute Gasteiger partial charge is 0.251 e. The van der Waals surface area contributed by atoms with Crippen molar-refractivity contribution in [2.75, 3.05) is 11.9 Å². The average Bonchev–Trinajstić information content (AvgIpc) is 2.20. The maximum Gasteiger partial charge on any atom is 0.251 e. The van der Waals surface area contributed by atoms with Crippen LogP contribution in [0.15, 0.2) is 24.3 Å². The Bertz CT molecular complexity index is 351. The molecule has 0 aliphatic heterocycles. The molecule has 0 spiro atoms. The molecule has 0 saturated heterocycles. The number of amides is 1. The summed E-state index contributed by atoms with van der Waals surface area (Å²) >= 11 is 0. The van der Waals surface area contributed by atoms with Crippen molar-refractivity contribution in [2.24, 2.45) is 0 Å². The Balaban J connectivity index is 2.73. The Morgan fingerprint density at radius 2 is 2.07 bits per heavy atom. The summed E-state index contributed by atoms with van der Waals surface area (Å²) in [4.78, 5) is 11.3. The fourth-order valence-corrected chi connectivity index (χ4v) is 1.03. The summed E-state index contributed by atoms with van der Waals surface area (Å²) in [6.45, 7) is 2.47. The lowest BCUT2D eigenvalue weighted by Crippen LogP contribution is -2.22. The molecule has 14 heavy (non-hydrogen) atoms. The highest BCUT2D eigenvalue weighted by atomic mass is 16.1. The molecule has 0 bridgehead atoms. The number of carbonyl (C=O) groups excluding carboxylic acids is 1. The van der Waals surface area contributed by atoms with E-state index in [0.29, 0.717) is 17.8 Å². The lowest BCUT2D eigenvalue weighted by atomic mass is 10.2. The second-order valence-corrected chi connectivity index (χ2v) is 2.67. The second-order valence-electron chi connectivity index (χ2n) is 2.67. The van der Waals surface area contributed by atoms with Gasteiger partial charge in [0.15, 0.2) is 6.19 Å². The van der Waals surface area contributed by atoms with E-state index >= 15 is 0 Å². The quantitative estimate of drug-likeness (QED) is 0.557. The lowest BCUT2D eigenvalue weighted by molar-refractivity contribution is 0.0956. The minimum atomic E-state index is -0.101. The highest BCUT2D eigenvalue weighted by Crippen LogP contribution is 2.08. The first kappa shape index (κ1) is 10.1. The van der Waals surface area contributed by atoms with Gasteiger partial charge in [0, 0.05) is 17.8 Å². The fraction of sp³-hybridized carbons (Fsp3) is 0.200. The van der Waals surface area contributed by atoms with Crippen LogP contribution in [0.4, 0.5) is 5.69 Å². The summed E-state index contributed by atoms with van der Waals surface area (Å²) in [5.41, 5.74) is 1.27. The molecule has 0 radical (unpaired) electrons. The van der Waals surface area contributed by atoms with Crippen molar-refractivity contribution in [3.63, 3.8) is 0 Å². The number of nitrogens with zero attached hydrogens (tertiary/aromatic N) is 1. The van der Waals surface area contributed by atoms with Crippen molar-refractivity contribution >= 4 is 11.6 Å². The monoisotopic (exact) mass is 189 g/mol. The summed E-state index contributed by atoms with van der Waals surface area (Å²) in [6.07, 6.45) is 1.81. The maximum atomic E-state index is 11.3. The van der Waals surface area contributed by atoms with Gasteiger partial charge in [-0.2, -0.15) is 5.26 Å². The van der Waals surface area contributed by atoms with Crippen LogP contribution < -0.4 is 10.6 Å². The van der Waals surface area contributed by atoms with Crippen LogP contribution in [0.5, 0.6) is 0 Å². The predicted molar refractivity (Wildman–Crippen MR) is 53.7 cm³/mol. The first-order valence-electron chi connectivity index (χ1n) is 4.31. The van der Waals surface area contributed by atoms with E-state index in [1.165, 1.54) is 0 Å². The zero-order valence-electron chi connectivity index (χ0n) is 7.87. The third-order valence-corrected chi connectivity index (χ3v) is 1.68. The first-order chi connectivity index (χ1) is 6.77. The molecule has 0 aliphatic carbocycles. The van der Waals surface area contributed by atoms with Gasteiger partial charge >= 0.3 is 0 Å². The van der Waals surface area contributed by atoms with Gasteiger partial charge in [-0.15, -0.1) is 0 Å². The van der Waals surface area contributed by atoms with Gasteiger partial charge in [-0.25, -0.2) is 0 Å². The molecule has 1 rings (SSSR count). The molecule has 1 aromatic carbocycles. The van der Waals surface area contributed by atoms with Crippen LogP contribution in [0.3, 0.4) is 0 Å². The molecule has 72 valence electrons. The summed E-state index contributed by atoms with van der Waals surface area (Å²) in [5, 5.41) is 13.5. The van der Waals surface area contributed by atoms with Gasteiger partial charge < -0.3 is 5.32 Å². The third-order valence-electron chi connectivity index (χ3n) is 1.68. The van der Waals surface area contributed by atoms with Crippen LogP contribution in [0.2, 0.25) is 0 Å². The Morgan fingerprint density at radius 3 is 2.57 bits per heavy atom. The molecule has 0 saturated carbocycles. The van der Waals surface area contributed by atoms with Crippen molar-refractivity contribution in [1.82, 2.24) is 5.32 Å². The minimum absolute atomic E-state index is 0.101. The molecule has 4 heteroatoms.